The Kier molecular flexibility index (Phi) is 6.41. The molecule has 0 bridgehead atoms. The number of hydrogen-bond acceptors (Lipinski definition) is 3. The first-order valence-corrected chi connectivity index (χ1v) is 5.37. The Bertz CT molecular complexity index is 272. The summed E-state index contributed by atoms with van der Waals surface area (Å²) in [6.07, 6.45) is 0. The van der Waals surface area contributed by atoms with Crippen LogP contribution in [-0.4, -0.2) is 47.6 Å². The summed E-state index contributed by atoms with van der Waals surface area (Å²) >= 11 is 0. The van der Waals surface area contributed by atoms with E-state index in [9.17, 15) is 9.59 Å². The molecule has 0 aromatic heterocycles. The van der Waals surface area contributed by atoms with Crippen molar-refractivity contribution in [1.29, 1.82) is 0 Å². The van der Waals surface area contributed by atoms with Crippen molar-refractivity contribution in [2.75, 3.05) is 19.6 Å². The number of rotatable bonds is 7. The van der Waals surface area contributed by atoms with Crippen LogP contribution >= 0.6 is 0 Å². The van der Waals surface area contributed by atoms with Gasteiger partial charge in [0.25, 0.3) is 0 Å². The lowest BCUT2D eigenvalue weighted by Gasteiger charge is -2.23. The molecule has 1 atom stereocenters. The minimum Gasteiger partial charge on any atom is -0.478 e. The predicted octanol–water partition coefficient (Wildman–Crippen LogP) is 0.474. The van der Waals surface area contributed by atoms with Gasteiger partial charge in [-0.05, 0) is 20.8 Å². The molecule has 92 valence electrons. The van der Waals surface area contributed by atoms with Gasteiger partial charge in [0.05, 0.1) is 6.04 Å². The van der Waals surface area contributed by atoms with Crippen molar-refractivity contribution >= 4 is 11.9 Å². The standard InChI is InChI=1S/C11H20N2O3/c1-5-13(6-2)10(14)9(4)12-7-8(3)11(15)16/h9,12H,3,5-7H2,1-2,4H3,(H,15,16). The highest BCUT2D eigenvalue weighted by Gasteiger charge is 2.18. The molecule has 0 rings (SSSR count). The molecule has 1 amide bonds. The summed E-state index contributed by atoms with van der Waals surface area (Å²) in [5.74, 6) is -1.07. The molecule has 5 nitrogen and oxygen atoms in total. The molecule has 0 radical (unpaired) electrons. The van der Waals surface area contributed by atoms with Crippen LogP contribution in [0.5, 0.6) is 0 Å². The van der Waals surface area contributed by atoms with E-state index in [2.05, 4.69) is 11.9 Å². The maximum atomic E-state index is 11.8. The van der Waals surface area contributed by atoms with E-state index in [0.29, 0.717) is 13.1 Å². The van der Waals surface area contributed by atoms with Gasteiger partial charge in [-0.2, -0.15) is 0 Å². The monoisotopic (exact) mass is 228 g/mol. The average Bonchev–Trinajstić information content (AvgIpc) is 2.26. The van der Waals surface area contributed by atoms with E-state index in [1.807, 2.05) is 13.8 Å². The SMILES string of the molecule is C=C(CNC(C)C(=O)N(CC)CC)C(=O)O. The van der Waals surface area contributed by atoms with Gasteiger partial charge in [0, 0.05) is 25.2 Å². The van der Waals surface area contributed by atoms with Crippen LogP contribution in [0.1, 0.15) is 20.8 Å². The molecule has 5 heteroatoms. The van der Waals surface area contributed by atoms with E-state index in [1.54, 1.807) is 11.8 Å². The number of carbonyl (C=O) groups is 2. The summed E-state index contributed by atoms with van der Waals surface area (Å²) in [6.45, 7) is 10.3. The lowest BCUT2D eigenvalue weighted by Crippen LogP contribution is -2.45. The zero-order valence-electron chi connectivity index (χ0n) is 10.1. The van der Waals surface area contributed by atoms with Crippen molar-refractivity contribution in [1.82, 2.24) is 10.2 Å². The lowest BCUT2D eigenvalue weighted by atomic mass is 10.2. The predicted molar refractivity (Wildman–Crippen MR) is 62.2 cm³/mol. The van der Waals surface area contributed by atoms with Gasteiger partial charge < -0.3 is 15.3 Å². The van der Waals surface area contributed by atoms with Crippen molar-refractivity contribution in [2.24, 2.45) is 0 Å². The van der Waals surface area contributed by atoms with Gasteiger partial charge in [-0.1, -0.05) is 6.58 Å². The Hall–Kier alpha value is -1.36. The Balaban J connectivity index is 4.15. The maximum Gasteiger partial charge on any atom is 0.332 e. The Morgan fingerprint density at radius 1 is 1.38 bits per heavy atom. The van der Waals surface area contributed by atoms with Crippen LogP contribution in [-0.2, 0) is 9.59 Å². The van der Waals surface area contributed by atoms with Crippen LogP contribution in [0.3, 0.4) is 0 Å². The van der Waals surface area contributed by atoms with Gasteiger partial charge in [0.2, 0.25) is 5.91 Å². The van der Waals surface area contributed by atoms with Gasteiger partial charge in [0.15, 0.2) is 0 Å². The van der Waals surface area contributed by atoms with Crippen LogP contribution in [0, 0.1) is 0 Å². The van der Waals surface area contributed by atoms with E-state index >= 15 is 0 Å². The summed E-state index contributed by atoms with van der Waals surface area (Å²) in [5, 5.41) is 11.4. The number of nitrogens with one attached hydrogen (secondary N) is 1. The first-order chi connectivity index (χ1) is 7.43. The second-order valence-corrected chi connectivity index (χ2v) is 3.52. The Morgan fingerprint density at radius 3 is 2.25 bits per heavy atom. The second kappa shape index (κ2) is 7.00. The molecule has 0 spiro atoms. The Labute approximate surface area is 96.1 Å². The number of carbonyl (C=O) groups excluding carboxylic acids is 1. The van der Waals surface area contributed by atoms with Crippen molar-refractivity contribution in [2.45, 2.75) is 26.8 Å². The molecule has 2 N–H and O–H groups in total. The quantitative estimate of drug-likeness (QED) is 0.622. The van der Waals surface area contributed by atoms with Crippen LogP contribution in [0.25, 0.3) is 0 Å². The number of hydrogen-bond donors (Lipinski definition) is 2. The summed E-state index contributed by atoms with van der Waals surface area (Å²) in [7, 11) is 0. The fourth-order valence-electron chi connectivity index (χ4n) is 1.25. The summed E-state index contributed by atoms with van der Waals surface area (Å²) in [6, 6.07) is -0.393. The van der Waals surface area contributed by atoms with E-state index < -0.39 is 12.0 Å². The van der Waals surface area contributed by atoms with E-state index in [-0.39, 0.29) is 18.0 Å². The molecule has 0 saturated carbocycles. The first-order valence-electron chi connectivity index (χ1n) is 5.37. The number of carboxylic acid groups (broad SMARTS) is 1. The van der Waals surface area contributed by atoms with E-state index in [4.69, 9.17) is 5.11 Å². The summed E-state index contributed by atoms with van der Waals surface area (Å²) in [5.41, 5.74) is 0.0548. The molecule has 0 saturated heterocycles. The number of carboxylic acids is 1. The van der Waals surface area contributed by atoms with Gasteiger partial charge >= 0.3 is 5.97 Å². The minimum absolute atomic E-state index is 0.0248. The van der Waals surface area contributed by atoms with Gasteiger partial charge in [-0.25, -0.2) is 4.79 Å². The molecule has 0 aliphatic heterocycles. The van der Waals surface area contributed by atoms with Crippen molar-refractivity contribution in [3.05, 3.63) is 12.2 Å². The van der Waals surface area contributed by atoms with Gasteiger partial charge in [-0.15, -0.1) is 0 Å². The highest BCUT2D eigenvalue weighted by atomic mass is 16.4. The topological polar surface area (TPSA) is 69.6 Å². The third kappa shape index (κ3) is 4.44. The largest absolute Gasteiger partial charge is 0.478 e. The van der Waals surface area contributed by atoms with Gasteiger partial charge in [-0.3, -0.25) is 4.79 Å². The smallest absolute Gasteiger partial charge is 0.332 e. The summed E-state index contributed by atoms with van der Waals surface area (Å²) in [4.78, 5) is 24.0. The zero-order chi connectivity index (χ0) is 12.7. The fourth-order valence-corrected chi connectivity index (χ4v) is 1.25. The third-order valence-corrected chi connectivity index (χ3v) is 2.37. The van der Waals surface area contributed by atoms with Crippen LogP contribution in [0.4, 0.5) is 0 Å². The molecule has 0 aliphatic rings. The maximum absolute atomic E-state index is 11.8. The van der Waals surface area contributed by atoms with Gasteiger partial charge in [0.1, 0.15) is 0 Å². The van der Waals surface area contributed by atoms with E-state index in [1.165, 1.54) is 0 Å². The van der Waals surface area contributed by atoms with Crippen molar-refractivity contribution in [3.8, 4) is 0 Å². The fraction of sp³-hybridized carbons (Fsp3) is 0.636. The van der Waals surface area contributed by atoms with Crippen LogP contribution < -0.4 is 5.32 Å². The molecule has 0 aliphatic carbocycles. The Morgan fingerprint density at radius 2 is 1.88 bits per heavy atom. The lowest BCUT2D eigenvalue weighted by molar-refractivity contribution is -0.134. The molecule has 0 aromatic rings. The van der Waals surface area contributed by atoms with E-state index in [0.717, 1.165) is 0 Å². The molecule has 16 heavy (non-hydrogen) atoms. The molecular formula is C11H20N2O3. The molecule has 0 aromatic carbocycles. The number of aliphatic carboxylic acids is 1. The van der Waals surface area contributed by atoms with Crippen molar-refractivity contribution in [3.63, 3.8) is 0 Å². The normalized spacial score (nSPS) is 11.9. The first kappa shape index (κ1) is 14.6. The van der Waals surface area contributed by atoms with Crippen LogP contribution in [0.2, 0.25) is 0 Å². The third-order valence-electron chi connectivity index (χ3n) is 2.37. The average molecular weight is 228 g/mol. The second-order valence-electron chi connectivity index (χ2n) is 3.52. The molecule has 0 heterocycles. The number of amides is 1. The molecule has 0 fully saturated rings. The number of likely N-dealkylation sites (N-methyl/N-ethyl adjacent to an activating group) is 1. The van der Waals surface area contributed by atoms with Crippen molar-refractivity contribution < 1.29 is 14.7 Å². The highest BCUT2D eigenvalue weighted by molar-refractivity contribution is 5.86. The zero-order valence-corrected chi connectivity index (χ0v) is 10.1. The molecule has 1 unspecified atom stereocenters. The van der Waals surface area contributed by atoms with Crippen LogP contribution in [0.15, 0.2) is 12.2 Å². The summed E-state index contributed by atoms with van der Waals surface area (Å²) < 4.78 is 0. The number of nitrogens with zero attached hydrogens (tertiary/aromatic N) is 1. The molecular weight excluding hydrogens is 208 g/mol. The minimum atomic E-state index is -1.05. The highest BCUT2D eigenvalue weighted by Crippen LogP contribution is 1.96.